The van der Waals surface area contributed by atoms with Crippen LogP contribution in [0.3, 0.4) is 0 Å². The Kier molecular flexibility index (Phi) is 20.5. The molecule has 2 heteroatoms. The van der Waals surface area contributed by atoms with E-state index in [-0.39, 0.29) is 12.4 Å². The molecule has 0 spiro atoms. The largest absolute Gasteiger partial charge is 1.00 e. The first-order valence-electron chi connectivity index (χ1n) is 13.3. The van der Waals surface area contributed by atoms with Gasteiger partial charge in [0.05, 0.1) is 19.6 Å². The Hall–Kier alpha value is -0.790. The number of quaternary nitrogens is 1. The molecule has 1 nitrogen and oxygen atoms in total. The molecule has 0 bridgehead atoms. The highest BCUT2D eigenvalue weighted by Gasteiger charge is 2.22. The Morgan fingerprint density at radius 1 is 0.613 bits per heavy atom. The van der Waals surface area contributed by atoms with Gasteiger partial charge in [-0.1, -0.05) is 101 Å². The minimum absolute atomic E-state index is 0. The van der Waals surface area contributed by atoms with E-state index in [4.69, 9.17) is 0 Å². The first-order valence-corrected chi connectivity index (χ1v) is 13.3. The molecule has 1 rings (SSSR count). The van der Waals surface area contributed by atoms with Crippen LogP contribution in [0.2, 0.25) is 0 Å². The van der Waals surface area contributed by atoms with E-state index in [0.717, 1.165) is 0 Å². The highest BCUT2D eigenvalue weighted by atomic mass is 35.5. The van der Waals surface area contributed by atoms with Crippen LogP contribution in [0.5, 0.6) is 0 Å². The lowest BCUT2D eigenvalue weighted by atomic mass is 10.1. The molecular weight excluding hydrogens is 398 g/mol. The molecule has 0 aliphatic carbocycles. The number of nitrogens with zero attached hydrogens (tertiary/aromatic N) is 1. The van der Waals surface area contributed by atoms with E-state index in [1.165, 1.54) is 126 Å². The summed E-state index contributed by atoms with van der Waals surface area (Å²) >= 11 is 0. The SMILES string of the molecule is CCCCCCCCC=CCCCCCCCC[N+](CC)(CC)Cc1ccccc1.[Cl-]. The fraction of sp³-hybridized carbons (Fsp3) is 0.724. The summed E-state index contributed by atoms with van der Waals surface area (Å²) in [5.74, 6) is 0. The maximum absolute atomic E-state index is 2.43. The molecule has 1 aromatic carbocycles. The van der Waals surface area contributed by atoms with Crippen molar-refractivity contribution < 1.29 is 16.9 Å². The average Bonchev–Trinajstić information content (AvgIpc) is 2.78. The van der Waals surface area contributed by atoms with E-state index in [2.05, 4.69) is 63.3 Å². The second-order valence-corrected chi connectivity index (χ2v) is 9.28. The minimum atomic E-state index is 0. The fourth-order valence-electron chi connectivity index (χ4n) is 4.51. The molecular formula is C29H52ClN. The predicted octanol–water partition coefficient (Wildman–Crippen LogP) is 6.08. The maximum Gasteiger partial charge on any atom is 0.104 e. The third-order valence-electron chi connectivity index (χ3n) is 6.85. The van der Waals surface area contributed by atoms with Gasteiger partial charge in [0.15, 0.2) is 0 Å². The summed E-state index contributed by atoms with van der Waals surface area (Å²) in [6.07, 6.45) is 24.3. The van der Waals surface area contributed by atoms with Gasteiger partial charge in [-0.3, -0.25) is 0 Å². The zero-order valence-corrected chi connectivity index (χ0v) is 21.9. The summed E-state index contributed by atoms with van der Waals surface area (Å²) in [6, 6.07) is 11.1. The van der Waals surface area contributed by atoms with Crippen molar-refractivity contribution >= 4 is 0 Å². The Morgan fingerprint density at radius 2 is 1.10 bits per heavy atom. The van der Waals surface area contributed by atoms with E-state index in [1.54, 1.807) is 0 Å². The summed E-state index contributed by atoms with van der Waals surface area (Å²) < 4.78 is 1.24. The van der Waals surface area contributed by atoms with Gasteiger partial charge in [0.2, 0.25) is 0 Å². The highest BCUT2D eigenvalue weighted by Crippen LogP contribution is 2.17. The molecule has 0 aromatic heterocycles. The molecule has 0 unspecified atom stereocenters. The van der Waals surface area contributed by atoms with Crippen LogP contribution in [0.1, 0.15) is 116 Å². The maximum atomic E-state index is 2.43. The van der Waals surface area contributed by atoms with Gasteiger partial charge in [0, 0.05) is 5.56 Å². The molecule has 0 aliphatic rings. The zero-order chi connectivity index (χ0) is 21.8. The smallest absolute Gasteiger partial charge is 0.104 e. The second-order valence-electron chi connectivity index (χ2n) is 9.28. The van der Waals surface area contributed by atoms with Crippen molar-refractivity contribution in [2.75, 3.05) is 19.6 Å². The van der Waals surface area contributed by atoms with Gasteiger partial charge in [0.1, 0.15) is 6.54 Å². The van der Waals surface area contributed by atoms with E-state index in [0.29, 0.717) is 0 Å². The van der Waals surface area contributed by atoms with Crippen LogP contribution in [0.25, 0.3) is 0 Å². The van der Waals surface area contributed by atoms with Crippen LogP contribution in [-0.4, -0.2) is 24.1 Å². The minimum Gasteiger partial charge on any atom is -1.00 e. The van der Waals surface area contributed by atoms with Crippen molar-refractivity contribution in [1.29, 1.82) is 0 Å². The Balaban J connectivity index is 0.00000900. The van der Waals surface area contributed by atoms with Gasteiger partial charge in [0.25, 0.3) is 0 Å². The fourth-order valence-corrected chi connectivity index (χ4v) is 4.51. The van der Waals surface area contributed by atoms with Crippen molar-refractivity contribution in [2.45, 2.75) is 117 Å². The van der Waals surface area contributed by atoms with Gasteiger partial charge < -0.3 is 16.9 Å². The lowest BCUT2D eigenvalue weighted by Gasteiger charge is -2.37. The van der Waals surface area contributed by atoms with Crippen LogP contribution in [0, 0.1) is 0 Å². The van der Waals surface area contributed by atoms with E-state index >= 15 is 0 Å². The zero-order valence-electron chi connectivity index (χ0n) is 21.1. The van der Waals surface area contributed by atoms with Crippen molar-refractivity contribution in [2.24, 2.45) is 0 Å². The number of benzene rings is 1. The average molecular weight is 450 g/mol. The Labute approximate surface area is 201 Å². The van der Waals surface area contributed by atoms with Crippen LogP contribution in [0.4, 0.5) is 0 Å². The van der Waals surface area contributed by atoms with E-state index in [1.807, 2.05) is 0 Å². The van der Waals surface area contributed by atoms with Crippen molar-refractivity contribution in [3.8, 4) is 0 Å². The third-order valence-corrected chi connectivity index (χ3v) is 6.85. The molecule has 31 heavy (non-hydrogen) atoms. The molecule has 0 atom stereocenters. The number of unbranched alkanes of at least 4 members (excludes halogenated alkanes) is 12. The number of hydrogen-bond donors (Lipinski definition) is 0. The molecule has 0 N–H and O–H groups in total. The van der Waals surface area contributed by atoms with Gasteiger partial charge in [-0.05, 0) is 52.4 Å². The van der Waals surface area contributed by atoms with Crippen molar-refractivity contribution in [3.63, 3.8) is 0 Å². The first kappa shape index (κ1) is 30.2. The lowest BCUT2D eigenvalue weighted by molar-refractivity contribution is -0.938. The molecule has 0 saturated carbocycles. The lowest BCUT2D eigenvalue weighted by Crippen LogP contribution is -3.00. The van der Waals surface area contributed by atoms with Gasteiger partial charge in [-0.15, -0.1) is 0 Å². The van der Waals surface area contributed by atoms with Crippen LogP contribution in [-0.2, 0) is 6.54 Å². The highest BCUT2D eigenvalue weighted by molar-refractivity contribution is 5.13. The molecule has 0 fully saturated rings. The Bertz CT molecular complexity index is 507. The van der Waals surface area contributed by atoms with Crippen LogP contribution >= 0.6 is 0 Å². The third kappa shape index (κ3) is 15.6. The van der Waals surface area contributed by atoms with Gasteiger partial charge in [-0.25, -0.2) is 0 Å². The Morgan fingerprint density at radius 3 is 1.61 bits per heavy atom. The van der Waals surface area contributed by atoms with E-state index in [9.17, 15) is 0 Å². The molecule has 1 aromatic rings. The number of allylic oxidation sites excluding steroid dienone is 2. The normalized spacial score (nSPS) is 11.7. The summed E-state index contributed by atoms with van der Waals surface area (Å²) in [4.78, 5) is 0. The quantitative estimate of drug-likeness (QED) is 0.128. The molecule has 0 amide bonds. The molecule has 0 heterocycles. The molecule has 0 radical (unpaired) electrons. The van der Waals surface area contributed by atoms with Gasteiger partial charge >= 0.3 is 0 Å². The first-order chi connectivity index (χ1) is 14.8. The number of halogens is 1. The topological polar surface area (TPSA) is 0 Å². The predicted molar refractivity (Wildman–Crippen MR) is 136 cm³/mol. The van der Waals surface area contributed by atoms with Crippen LogP contribution < -0.4 is 12.4 Å². The number of rotatable bonds is 20. The second kappa shape index (κ2) is 21.1. The monoisotopic (exact) mass is 449 g/mol. The summed E-state index contributed by atoms with van der Waals surface area (Å²) in [5, 5.41) is 0. The summed E-state index contributed by atoms with van der Waals surface area (Å²) in [6.45, 7) is 12.0. The van der Waals surface area contributed by atoms with Crippen molar-refractivity contribution in [3.05, 3.63) is 48.0 Å². The number of hydrogen-bond acceptors (Lipinski definition) is 0. The van der Waals surface area contributed by atoms with Crippen LogP contribution in [0.15, 0.2) is 42.5 Å². The molecule has 0 saturated heterocycles. The summed E-state index contributed by atoms with van der Waals surface area (Å²) in [7, 11) is 0. The van der Waals surface area contributed by atoms with E-state index < -0.39 is 0 Å². The van der Waals surface area contributed by atoms with Gasteiger partial charge in [-0.2, -0.15) is 0 Å². The molecule has 180 valence electrons. The summed E-state index contributed by atoms with van der Waals surface area (Å²) in [5.41, 5.74) is 1.49. The standard InChI is InChI=1S/C29H52N.ClH/c1-4-7-8-9-10-11-12-13-14-15-16-17-18-19-20-24-27-30(5-2,6-3)28-29-25-22-21-23-26-29;/h13-14,21-23,25-26H,4-12,15-20,24,27-28H2,1-3H3;1H/q+1;/p-1. The molecule has 0 aliphatic heterocycles. The van der Waals surface area contributed by atoms with Crippen molar-refractivity contribution in [1.82, 2.24) is 0 Å².